The molecule has 4 heteroatoms. The van der Waals surface area contributed by atoms with E-state index in [1.165, 1.54) is 11.1 Å². The van der Waals surface area contributed by atoms with Gasteiger partial charge in [-0.1, -0.05) is 74.0 Å². The van der Waals surface area contributed by atoms with Gasteiger partial charge in [0.15, 0.2) is 0 Å². The maximum absolute atomic E-state index is 8.91. The second-order valence-electron chi connectivity index (χ2n) is 6.02. The molecule has 122 valence electrons. The van der Waals surface area contributed by atoms with Crippen molar-refractivity contribution in [2.24, 2.45) is 0 Å². The van der Waals surface area contributed by atoms with Gasteiger partial charge in [0, 0.05) is 12.0 Å². The van der Waals surface area contributed by atoms with Gasteiger partial charge in [-0.15, -0.1) is 0 Å². The van der Waals surface area contributed by atoms with Crippen LogP contribution in [-0.2, 0) is 0 Å². The number of rotatable bonds is 9. The lowest BCUT2D eigenvalue weighted by molar-refractivity contribution is 0.399. The first kappa shape index (κ1) is 17.7. The van der Waals surface area contributed by atoms with Crippen molar-refractivity contribution in [2.75, 3.05) is 6.54 Å². The first-order chi connectivity index (χ1) is 11.2. The van der Waals surface area contributed by atoms with Crippen LogP contribution in [-0.4, -0.2) is 23.7 Å². The number of hydrogen-bond acceptors (Lipinski definition) is 3. The van der Waals surface area contributed by atoms with Gasteiger partial charge in [-0.25, -0.2) is 0 Å². The SMILES string of the molecule is C[C@H](c1ccccc1)[C@H](NCCCCB(O)O)c1ccccc1. The predicted molar refractivity (Wildman–Crippen MR) is 96.3 cm³/mol. The molecule has 3 N–H and O–H groups in total. The molecule has 0 saturated carbocycles. The van der Waals surface area contributed by atoms with Crippen molar-refractivity contribution in [1.29, 1.82) is 0 Å². The van der Waals surface area contributed by atoms with Crippen LogP contribution in [0, 0.1) is 0 Å². The van der Waals surface area contributed by atoms with Crippen molar-refractivity contribution >= 4 is 7.12 Å². The lowest BCUT2D eigenvalue weighted by Gasteiger charge is -2.26. The van der Waals surface area contributed by atoms with E-state index in [2.05, 4.69) is 60.8 Å². The molecule has 0 heterocycles. The second-order valence-corrected chi connectivity index (χ2v) is 6.02. The Labute approximate surface area is 139 Å². The minimum absolute atomic E-state index is 0.248. The van der Waals surface area contributed by atoms with Crippen LogP contribution in [0.25, 0.3) is 0 Å². The fourth-order valence-electron chi connectivity index (χ4n) is 2.90. The summed E-state index contributed by atoms with van der Waals surface area (Å²) >= 11 is 0. The van der Waals surface area contributed by atoms with Crippen LogP contribution in [0.4, 0.5) is 0 Å². The third-order valence-electron chi connectivity index (χ3n) is 4.24. The maximum atomic E-state index is 8.91. The topological polar surface area (TPSA) is 52.5 Å². The smallest absolute Gasteiger partial charge is 0.427 e. The zero-order valence-electron chi connectivity index (χ0n) is 13.7. The van der Waals surface area contributed by atoms with Crippen molar-refractivity contribution < 1.29 is 10.0 Å². The van der Waals surface area contributed by atoms with Crippen LogP contribution in [0.2, 0.25) is 6.32 Å². The molecule has 0 fully saturated rings. The molecule has 0 aliphatic heterocycles. The largest absolute Gasteiger partial charge is 0.451 e. The Morgan fingerprint density at radius 3 is 2.00 bits per heavy atom. The van der Waals surface area contributed by atoms with E-state index in [1.54, 1.807) is 0 Å². The summed E-state index contributed by atoms with van der Waals surface area (Å²) in [5.41, 5.74) is 2.60. The Morgan fingerprint density at radius 2 is 1.43 bits per heavy atom. The molecule has 0 aromatic heterocycles. The first-order valence-electron chi connectivity index (χ1n) is 8.38. The molecule has 3 nitrogen and oxygen atoms in total. The third kappa shape index (κ3) is 5.83. The predicted octanol–water partition coefficient (Wildman–Crippen LogP) is 3.37. The van der Waals surface area contributed by atoms with Crippen molar-refractivity contribution in [1.82, 2.24) is 5.32 Å². The lowest BCUT2D eigenvalue weighted by atomic mass is 9.83. The zero-order valence-corrected chi connectivity index (χ0v) is 13.7. The van der Waals surface area contributed by atoms with Gasteiger partial charge in [-0.05, 0) is 30.4 Å². The summed E-state index contributed by atoms with van der Waals surface area (Å²) in [6.45, 7) is 3.11. The van der Waals surface area contributed by atoms with Crippen molar-refractivity contribution in [3.8, 4) is 0 Å². The average molecular weight is 311 g/mol. The molecule has 2 aromatic carbocycles. The van der Waals surface area contributed by atoms with E-state index in [1.807, 2.05) is 12.1 Å². The molecule has 2 atom stereocenters. The molecule has 0 saturated heterocycles. The molecule has 0 unspecified atom stereocenters. The van der Waals surface area contributed by atoms with Gasteiger partial charge in [0.25, 0.3) is 0 Å². The Kier molecular flexibility index (Phi) is 7.33. The van der Waals surface area contributed by atoms with Gasteiger partial charge < -0.3 is 15.4 Å². The Balaban J connectivity index is 2.01. The average Bonchev–Trinajstić information content (AvgIpc) is 2.59. The van der Waals surface area contributed by atoms with E-state index in [0.29, 0.717) is 12.2 Å². The fraction of sp³-hybridized carbons (Fsp3) is 0.368. The fourth-order valence-corrected chi connectivity index (χ4v) is 2.90. The van der Waals surface area contributed by atoms with Gasteiger partial charge in [-0.2, -0.15) is 0 Å². The highest BCUT2D eigenvalue weighted by molar-refractivity contribution is 6.40. The summed E-state index contributed by atoms with van der Waals surface area (Å²) in [6.07, 6.45) is 2.18. The quantitative estimate of drug-likeness (QED) is 0.491. The molecule has 23 heavy (non-hydrogen) atoms. The molecule has 2 rings (SSSR count). The molecule has 0 aliphatic rings. The number of hydrogen-bond donors (Lipinski definition) is 3. The van der Waals surface area contributed by atoms with E-state index >= 15 is 0 Å². The van der Waals surface area contributed by atoms with Crippen LogP contribution in [0.15, 0.2) is 60.7 Å². The highest BCUT2D eigenvalue weighted by Gasteiger charge is 2.20. The minimum atomic E-state index is -1.19. The van der Waals surface area contributed by atoms with Crippen molar-refractivity contribution in [2.45, 2.75) is 38.0 Å². The number of benzene rings is 2. The summed E-state index contributed by atoms with van der Waals surface area (Å²) in [7, 11) is -1.19. The molecule has 0 aliphatic carbocycles. The van der Waals surface area contributed by atoms with Crippen LogP contribution >= 0.6 is 0 Å². The van der Waals surface area contributed by atoms with Gasteiger partial charge in [0.2, 0.25) is 0 Å². The molecule has 0 bridgehead atoms. The number of unbranched alkanes of at least 4 members (excludes halogenated alkanes) is 1. The molecule has 0 spiro atoms. The monoisotopic (exact) mass is 311 g/mol. The Morgan fingerprint density at radius 1 is 0.870 bits per heavy atom. The normalized spacial score (nSPS) is 13.5. The minimum Gasteiger partial charge on any atom is -0.427 e. The Bertz CT molecular complexity index is 548. The second kappa shape index (κ2) is 9.51. The summed E-state index contributed by atoms with van der Waals surface area (Å²) in [5.74, 6) is 0.363. The van der Waals surface area contributed by atoms with Crippen LogP contribution in [0.3, 0.4) is 0 Å². The third-order valence-corrected chi connectivity index (χ3v) is 4.24. The molecule has 0 amide bonds. The summed E-state index contributed by atoms with van der Waals surface area (Å²) in [4.78, 5) is 0. The zero-order chi connectivity index (χ0) is 16.5. The van der Waals surface area contributed by atoms with E-state index in [9.17, 15) is 0 Å². The summed E-state index contributed by atoms with van der Waals surface area (Å²) in [6, 6.07) is 21.3. The number of nitrogens with one attached hydrogen (secondary N) is 1. The molecule has 2 aromatic rings. The first-order valence-corrected chi connectivity index (χ1v) is 8.38. The van der Waals surface area contributed by atoms with Crippen LogP contribution in [0.5, 0.6) is 0 Å². The van der Waals surface area contributed by atoms with E-state index in [0.717, 1.165) is 19.4 Å². The van der Waals surface area contributed by atoms with Gasteiger partial charge in [0.05, 0.1) is 0 Å². The highest BCUT2D eigenvalue weighted by atomic mass is 16.4. The van der Waals surface area contributed by atoms with Crippen molar-refractivity contribution in [3.63, 3.8) is 0 Å². The van der Waals surface area contributed by atoms with Crippen molar-refractivity contribution in [3.05, 3.63) is 71.8 Å². The lowest BCUT2D eigenvalue weighted by Crippen LogP contribution is -2.27. The molecular weight excluding hydrogens is 285 g/mol. The summed E-state index contributed by atoms with van der Waals surface area (Å²) in [5, 5.41) is 21.5. The molecular formula is C19H26BNO2. The van der Waals surface area contributed by atoms with E-state index in [-0.39, 0.29) is 6.04 Å². The van der Waals surface area contributed by atoms with Gasteiger partial charge in [-0.3, -0.25) is 0 Å². The molecule has 0 radical (unpaired) electrons. The van der Waals surface area contributed by atoms with E-state index < -0.39 is 7.12 Å². The van der Waals surface area contributed by atoms with Gasteiger partial charge in [0.1, 0.15) is 0 Å². The maximum Gasteiger partial charge on any atom is 0.451 e. The summed E-state index contributed by atoms with van der Waals surface area (Å²) < 4.78 is 0. The standard InChI is InChI=1S/C19H26BNO2/c1-16(17-10-4-2-5-11-17)19(18-12-6-3-7-13-18)21-15-9-8-14-20(22)23/h2-7,10-13,16,19,21-23H,8-9,14-15H2,1H3/t16-,19+/m1/s1. The Hall–Kier alpha value is -1.62. The van der Waals surface area contributed by atoms with E-state index in [4.69, 9.17) is 10.0 Å². The highest BCUT2D eigenvalue weighted by Crippen LogP contribution is 2.30. The van der Waals surface area contributed by atoms with Crippen LogP contribution < -0.4 is 5.32 Å². The van der Waals surface area contributed by atoms with Gasteiger partial charge >= 0.3 is 7.12 Å². The van der Waals surface area contributed by atoms with Crippen LogP contribution in [0.1, 0.15) is 42.9 Å².